The van der Waals surface area contributed by atoms with Crippen molar-refractivity contribution in [3.8, 4) is 0 Å². The molecule has 0 spiro atoms. The van der Waals surface area contributed by atoms with Gasteiger partial charge >= 0.3 is 0 Å². The number of rotatable bonds is 4. The van der Waals surface area contributed by atoms with Crippen LogP contribution in [-0.2, 0) is 0 Å². The fourth-order valence-electron chi connectivity index (χ4n) is 3.72. The lowest BCUT2D eigenvalue weighted by atomic mass is 10.0. The Bertz CT molecular complexity index is 1340. The highest BCUT2D eigenvalue weighted by atomic mass is 19.1. The van der Waals surface area contributed by atoms with Gasteiger partial charge in [-0.1, -0.05) is 59.7 Å². The molecule has 7 heteroatoms. The molecule has 0 fully saturated rings. The van der Waals surface area contributed by atoms with E-state index in [1.807, 2.05) is 56.3 Å². The van der Waals surface area contributed by atoms with Gasteiger partial charge in [-0.3, -0.25) is 10.1 Å². The molecule has 1 aromatic heterocycles. The van der Waals surface area contributed by atoms with Crippen LogP contribution in [0.3, 0.4) is 0 Å². The number of amides is 1. The van der Waals surface area contributed by atoms with Crippen molar-refractivity contribution in [3.63, 3.8) is 0 Å². The van der Waals surface area contributed by atoms with E-state index in [1.165, 1.54) is 12.1 Å². The number of carbonyl (C=O) groups excluding carboxylic acids is 1. The van der Waals surface area contributed by atoms with Crippen molar-refractivity contribution in [2.45, 2.75) is 19.9 Å². The lowest BCUT2D eigenvalue weighted by Crippen LogP contribution is -2.20. The molecule has 4 aromatic rings. The van der Waals surface area contributed by atoms with Crippen molar-refractivity contribution in [2.75, 3.05) is 10.6 Å². The zero-order valence-electron chi connectivity index (χ0n) is 18.2. The van der Waals surface area contributed by atoms with Gasteiger partial charge in [0, 0.05) is 11.3 Å². The van der Waals surface area contributed by atoms with Crippen molar-refractivity contribution in [3.05, 3.63) is 113 Å². The number of benzene rings is 3. The van der Waals surface area contributed by atoms with E-state index in [-0.39, 0.29) is 23.7 Å². The molecule has 0 saturated heterocycles. The fraction of sp³-hybridized carbons (Fsp3) is 0.115. The summed E-state index contributed by atoms with van der Waals surface area (Å²) in [7, 11) is 0. The Morgan fingerprint density at radius 1 is 0.939 bits per heavy atom. The third-order valence-electron chi connectivity index (χ3n) is 5.58. The largest absolute Gasteiger partial charge is 0.324 e. The molecule has 3 aromatic carbocycles. The molecule has 0 saturated carbocycles. The van der Waals surface area contributed by atoms with Gasteiger partial charge in [0.15, 0.2) is 0 Å². The first kappa shape index (κ1) is 20.6. The maximum atomic E-state index is 13.6. The number of halogens is 1. The number of aryl methyl sites for hydroxylation is 2. The lowest BCUT2D eigenvalue weighted by Gasteiger charge is -2.24. The molecule has 2 heterocycles. The Morgan fingerprint density at radius 2 is 1.58 bits per heavy atom. The molecule has 0 unspecified atom stereocenters. The van der Waals surface area contributed by atoms with Crippen LogP contribution in [0.15, 0.2) is 78.9 Å². The third-order valence-corrected chi connectivity index (χ3v) is 5.58. The summed E-state index contributed by atoms with van der Waals surface area (Å²) in [5.41, 5.74) is 5.46. The zero-order valence-corrected chi connectivity index (χ0v) is 18.2. The van der Waals surface area contributed by atoms with Crippen LogP contribution < -0.4 is 10.6 Å². The molecular weight excluding hydrogens is 417 g/mol. The number of fused-ring (bicyclic) bond motifs is 1. The van der Waals surface area contributed by atoms with E-state index >= 15 is 0 Å². The van der Waals surface area contributed by atoms with E-state index < -0.39 is 0 Å². The molecule has 1 aliphatic rings. The van der Waals surface area contributed by atoms with E-state index in [9.17, 15) is 9.18 Å². The average molecular weight is 439 g/mol. The molecule has 6 nitrogen and oxygen atoms in total. The second kappa shape index (κ2) is 8.35. The summed E-state index contributed by atoms with van der Waals surface area (Å²) in [4.78, 5) is 17.2. The quantitative estimate of drug-likeness (QED) is 0.450. The lowest BCUT2D eigenvalue weighted by molar-refractivity contribution is 0.102. The van der Waals surface area contributed by atoms with Crippen LogP contribution in [-0.4, -0.2) is 20.7 Å². The minimum Gasteiger partial charge on any atom is -0.324 e. The maximum absolute atomic E-state index is 13.6. The summed E-state index contributed by atoms with van der Waals surface area (Å²) in [6, 6.07) is 21.4. The molecular formula is C26H22FN5O. The monoisotopic (exact) mass is 439 g/mol. The highest BCUT2D eigenvalue weighted by molar-refractivity contribution is 6.03. The summed E-state index contributed by atoms with van der Waals surface area (Å²) < 4.78 is 15.2. The third kappa shape index (κ3) is 4.25. The van der Waals surface area contributed by atoms with E-state index in [2.05, 4.69) is 20.7 Å². The summed E-state index contributed by atoms with van der Waals surface area (Å²) in [5, 5.41) is 10.6. The van der Waals surface area contributed by atoms with Gasteiger partial charge in [0.05, 0.1) is 0 Å². The zero-order chi connectivity index (χ0) is 22.9. The SMILES string of the molecule is Cc1ccc(C(=O)Nc2nc3n(n2)[C@H](c2ccc(F)cc2)C=C(c2ccc(C)cc2)N3)cc1. The number of nitrogens with zero attached hydrogens (tertiary/aromatic N) is 3. The molecule has 164 valence electrons. The Labute approximate surface area is 190 Å². The summed E-state index contributed by atoms with van der Waals surface area (Å²) in [6.45, 7) is 4.00. The van der Waals surface area contributed by atoms with Gasteiger partial charge in [0.2, 0.25) is 5.95 Å². The molecule has 0 radical (unpaired) electrons. The van der Waals surface area contributed by atoms with E-state index in [0.29, 0.717) is 11.5 Å². The Morgan fingerprint density at radius 3 is 2.24 bits per heavy atom. The van der Waals surface area contributed by atoms with Crippen LogP contribution in [0, 0.1) is 19.7 Å². The van der Waals surface area contributed by atoms with Crippen molar-refractivity contribution >= 4 is 23.5 Å². The molecule has 33 heavy (non-hydrogen) atoms. The smallest absolute Gasteiger partial charge is 0.258 e. The molecule has 5 rings (SSSR count). The highest BCUT2D eigenvalue weighted by Gasteiger charge is 2.26. The Balaban J connectivity index is 1.50. The molecule has 1 aliphatic heterocycles. The fourth-order valence-corrected chi connectivity index (χ4v) is 3.72. The second-order valence-electron chi connectivity index (χ2n) is 8.09. The number of hydrogen-bond acceptors (Lipinski definition) is 4. The van der Waals surface area contributed by atoms with Crippen molar-refractivity contribution in [1.82, 2.24) is 14.8 Å². The van der Waals surface area contributed by atoms with Crippen molar-refractivity contribution in [2.24, 2.45) is 0 Å². The van der Waals surface area contributed by atoms with Gasteiger partial charge in [-0.2, -0.15) is 4.98 Å². The van der Waals surface area contributed by atoms with Crippen LogP contribution in [0.5, 0.6) is 0 Å². The van der Waals surface area contributed by atoms with Gasteiger partial charge in [-0.05, 0) is 55.3 Å². The highest BCUT2D eigenvalue weighted by Crippen LogP contribution is 2.33. The van der Waals surface area contributed by atoms with E-state index in [1.54, 1.807) is 28.9 Å². The first-order chi connectivity index (χ1) is 16.0. The number of allylic oxidation sites excluding steroid dienone is 1. The number of hydrogen-bond donors (Lipinski definition) is 2. The molecule has 2 N–H and O–H groups in total. The first-order valence-electron chi connectivity index (χ1n) is 10.6. The van der Waals surface area contributed by atoms with Crippen LogP contribution in [0.25, 0.3) is 5.70 Å². The first-order valence-corrected chi connectivity index (χ1v) is 10.6. The summed E-state index contributed by atoms with van der Waals surface area (Å²) in [5.74, 6) is 0.0821. The number of nitrogens with one attached hydrogen (secondary N) is 2. The molecule has 0 aliphatic carbocycles. The molecule has 1 amide bonds. The van der Waals surface area contributed by atoms with Gasteiger partial charge < -0.3 is 5.32 Å². The number of aromatic nitrogens is 3. The van der Waals surface area contributed by atoms with Crippen molar-refractivity contribution < 1.29 is 9.18 Å². The predicted molar refractivity (Wildman–Crippen MR) is 126 cm³/mol. The van der Waals surface area contributed by atoms with Crippen molar-refractivity contribution in [1.29, 1.82) is 0 Å². The second-order valence-corrected chi connectivity index (χ2v) is 8.09. The summed E-state index contributed by atoms with van der Waals surface area (Å²) in [6.07, 6.45) is 2.02. The van der Waals surface area contributed by atoms with Gasteiger partial charge in [-0.15, -0.1) is 5.10 Å². The van der Waals surface area contributed by atoms with Gasteiger partial charge in [-0.25, -0.2) is 9.07 Å². The normalized spacial score (nSPS) is 14.8. The van der Waals surface area contributed by atoms with E-state index in [4.69, 9.17) is 0 Å². The van der Waals surface area contributed by atoms with Gasteiger partial charge in [0.1, 0.15) is 11.9 Å². The minimum atomic E-state index is -0.323. The maximum Gasteiger partial charge on any atom is 0.258 e. The van der Waals surface area contributed by atoms with Gasteiger partial charge in [0.25, 0.3) is 11.9 Å². The van der Waals surface area contributed by atoms with Crippen LogP contribution in [0.1, 0.15) is 38.7 Å². The predicted octanol–water partition coefficient (Wildman–Crippen LogP) is 5.34. The van der Waals surface area contributed by atoms with Crippen LogP contribution in [0.4, 0.5) is 16.3 Å². The Kier molecular flexibility index (Phi) is 5.22. The minimum absolute atomic E-state index is 0.189. The molecule has 1 atom stereocenters. The topological polar surface area (TPSA) is 71.8 Å². The molecule has 0 bridgehead atoms. The van der Waals surface area contributed by atoms with Crippen LogP contribution in [0.2, 0.25) is 0 Å². The average Bonchev–Trinajstić information content (AvgIpc) is 3.22. The van der Waals surface area contributed by atoms with E-state index in [0.717, 1.165) is 28.0 Å². The Hall–Kier alpha value is -4.26. The number of anilines is 2. The standard InChI is InChI=1S/C26H22FN5O/c1-16-3-7-18(8-4-16)22-15-23(19-11-13-21(27)14-12-19)32-26(28-22)30-25(31-32)29-24(33)20-9-5-17(2)6-10-20/h3-15,23H,1-2H3,(H2,28,29,30,31,33)/t23-/m0/s1. The summed E-state index contributed by atoms with van der Waals surface area (Å²) >= 11 is 0. The number of carbonyl (C=O) groups is 1. The van der Waals surface area contributed by atoms with Crippen LogP contribution >= 0.6 is 0 Å².